The van der Waals surface area contributed by atoms with Gasteiger partial charge in [0.25, 0.3) is 0 Å². The second-order valence-electron chi connectivity index (χ2n) is 5.34. The van der Waals surface area contributed by atoms with Gasteiger partial charge in [-0.2, -0.15) is 0 Å². The van der Waals surface area contributed by atoms with Gasteiger partial charge in [0.1, 0.15) is 0 Å². The molecule has 0 bridgehead atoms. The lowest BCUT2D eigenvalue weighted by molar-refractivity contribution is -0.132. The molecule has 0 N–H and O–H groups in total. The SMILES string of the molecule is CC(=O)N1CCCN(C(=O)Cc2ccccc2C)CC1. The fraction of sp³-hybridized carbons (Fsp3) is 0.500. The van der Waals surface area contributed by atoms with Gasteiger partial charge in [-0.1, -0.05) is 24.3 Å². The van der Waals surface area contributed by atoms with Crippen molar-refractivity contribution in [1.29, 1.82) is 0 Å². The Hall–Kier alpha value is -1.84. The van der Waals surface area contributed by atoms with Crippen LogP contribution in [0.1, 0.15) is 24.5 Å². The van der Waals surface area contributed by atoms with Gasteiger partial charge in [0, 0.05) is 33.1 Å². The number of carbonyl (C=O) groups is 2. The molecule has 0 radical (unpaired) electrons. The third-order valence-electron chi connectivity index (χ3n) is 3.90. The van der Waals surface area contributed by atoms with Crippen molar-refractivity contribution >= 4 is 11.8 Å². The Morgan fingerprint density at radius 3 is 2.40 bits per heavy atom. The summed E-state index contributed by atoms with van der Waals surface area (Å²) in [4.78, 5) is 27.5. The molecule has 1 aliphatic heterocycles. The van der Waals surface area contributed by atoms with Crippen LogP contribution in [0.2, 0.25) is 0 Å². The van der Waals surface area contributed by atoms with Crippen LogP contribution in [0.5, 0.6) is 0 Å². The Balaban J connectivity index is 1.96. The Morgan fingerprint density at radius 2 is 1.70 bits per heavy atom. The maximum absolute atomic E-state index is 12.4. The average Bonchev–Trinajstić information content (AvgIpc) is 2.67. The summed E-state index contributed by atoms with van der Waals surface area (Å²) in [5, 5.41) is 0. The number of nitrogens with zero attached hydrogens (tertiary/aromatic N) is 2. The van der Waals surface area contributed by atoms with Gasteiger partial charge in [-0.05, 0) is 24.5 Å². The number of amides is 2. The molecule has 1 heterocycles. The van der Waals surface area contributed by atoms with E-state index in [0.29, 0.717) is 19.5 Å². The predicted octanol–water partition coefficient (Wildman–Crippen LogP) is 1.62. The Kier molecular flexibility index (Phi) is 4.77. The zero-order valence-electron chi connectivity index (χ0n) is 12.3. The van der Waals surface area contributed by atoms with Gasteiger partial charge in [-0.25, -0.2) is 0 Å². The third-order valence-corrected chi connectivity index (χ3v) is 3.90. The van der Waals surface area contributed by atoms with E-state index in [1.54, 1.807) is 6.92 Å². The van der Waals surface area contributed by atoms with Gasteiger partial charge in [0.05, 0.1) is 6.42 Å². The van der Waals surface area contributed by atoms with Crippen molar-refractivity contribution in [3.05, 3.63) is 35.4 Å². The first-order valence-corrected chi connectivity index (χ1v) is 7.15. The van der Waals surface area contributed by atoms with Gasteiger partial charge < -0.3 is 9.80 Å². The highest BCUT2D eigenvalue weighted by molar-refractivity contribution is 5.79. The van der Waals surface area contributed by atoms with Crippen LogP contribution in [0.3, 0.4) is 0 Å². The van der Waals surface area contributed by atoms with E-state index in [1.165, 1.54) is 0 Å². The van der Waals surface area contributed by atoms with Crippen LogP contribution >= 0.6 is 0 Å². The van der Waals surface area contributed by atoms with Crippen LogP contribution in [-0.4, -0.2) is 47.8 Å². The van der Waals surface area contributed by atoms with Crippen molar-refractivity contribution in [2.75, 3.05) is 26.2 Å². The minimum atomic E-state index is 0.0956. The van der Waals surface area contributed by atoms with Crippen molar-refractivity contribution in [2.45, 2.75) is 26.7 Å². The molecule has 1 aromatic rings. The summed E-state index contributed by atoms with van der Waals surface area (Å²) in [5.41, 5.74) is 2.24. The lowest BCUT2D eigenvalue weighted by Crippen LogP contribution is -2.37. The standard InChI is InChI=1S/C16H22N2O2/c1-13-6-3-4-7-15(13)12-16(20)18-9-5-8-17(10-11-18)14(2)19/h3-4,6-7H,5,8-12H2,1-2H3. The average molecular weight is 274 g/mol. The molecule has 0 unspecified atom stereocenters. The summed E-state index contributed by atoms with van der Waals surface area (Å²) >= 11 is 0. The maximum Gasteiger partial charge on any atom is 0.227 e. The number of aryl methyl sites for hydroxylation is 1. The van der Waals surface area contributed by atoms with Crippen LogP contribution in [0.15, 0.2) is 24.3 Å². The van der Waals surface area contributed by atoms with Crippen molar-refractivity contribution in [3.8, 4) is 0 Å². The van der Waals surface area contributed by atoms with Crippen molar-refractivity contribution in [2.24, 2.45) is 0 Å². The summed E-state index contributed by atoms with van der Waals surface area (Å²) in [5.74, 6) is 0.253. The minimum Gasteiger partial charge on any atom is -0.341 e. The van der Waals surface area contributed by atoms with E-state index in [4.69, 9.17) is 0 Å². The van der Waals surface area contributed by atoms with Gasteiger partial charge in [-0.3, -0.25) is 9.59 Å². The van der Waals surface area contributed by atoms with Crippen molar-refractivity contribution in [1.82, 2.24) is 9.80 Å². The van der Waals surface area contributed by atoms with E-state index in [2.05, 4.69) is 0 Å². The van der Waals surface area contributed by atoms with Crippen LogP contribution in [0.4, 0.5) is 0 Å². The largest absolute Gasteiger partial charge is 0.341 e. The van der Waals surface area contributed by atoms with E-state index in [-0.39, 0.29) is 11.8 Å². The van der Waals surface area contributed by atoms with Gasteiger partial charge in [0.2, 0.25) is 11.8 Å². The zero-order chi connectivity index (χ0) is 14.5. The molecule has 0 saturated carbocycles. The second kappa shape index (κ2) is 6.55. The lowest BCUT2D eigenvalue weighted by atomic mass is 10.1. The molecule has 4 heteroatoms. The second-order valence-corrected chi connectivity index (χ2v) is 5.34. The minimum absolute atomic E-state index is 0.0956. The number of hydrogen-bond donors (Lipinski definition) is 0. The van der Waals surface area contributed by atoms with E-state index in [1.807, 2.05) is 41.0 Å². The first-order valence-electron chi connectivity index (χ1n) is 7.15. The molecule has 20 heavy (non-hydrogen) atoms. The van der Waals surface area contributed by atoms with Crippen LogP contribution in [0, 0.1) is 6.92 Å². The molecular formula is C16H22N2O2. The molecular weight excluding hydrogens is 252 g/mol. The van der Waals surface area contributed by atoms with E-state index >= 15 is 0 Å². The van der Waals surface area contributed by atoms with Crippen molar-refractivity contribution in [3.63, 3.8) is 0 Å². The highest BCUT2D eigenvalue weighted by Gasteiger charge is 2.20. The monoisotopic (exact) mass is 274 g/mol. The Morgan fingerprint density at radius 1 is 1.05 bits per heavy atom. The molecule has 1 aromatic carbocycles. The molecule has 0 atom stereocenters. The van der Waals surface area contributed by atoms with E-state index < -0.39 is 0 Å². The summed E-state index contributed by atoms with van der Waals surface area (Å²) in [6.45, 7) is 6.41. The molecule has 0 aromatic heterocycles. The number of hydrogen-bond acceptors (Lipinski definition) is 2. The molecule has 0 spiro atoms. The normalized spacial score (nSPS) is 15.9. The topological polar surface area (TPSA) is 40.6 Å². The fourth-order valence-electron chi connectivity index (χ4n) is 2.56. The van der Waals surface area contributed by atoms with Crippen LogP contribution in [0.25, 0.3) is 0 Å². The number of carbonyl (C=O) groups excluding carboxylic acids is 2. The molecule has 0 aliphatic carbocycles. The molecule has 1 saturated heterocycles. The van der Waals surface area contributed by atoms with Gasteiger partial charge >= 0.3 is 0 Å². The zero-order valence-corrected chi connectivity index (χ0v) is 12.3. The van der Waals surface area contributed by atoms with E-state index in [9.17, 15) is 9.59 Å². The molecule has 1 fully saturated rings. The molecule has 2 amide bonds. The Bertz CT molecular complexity index is 499. The molecule has 1 aliphatic rings. The number of benzene rings is 1. The molecule has 2 rings (SSSR count). The van der Waals surface area contributed by atoms with Gasteiger partial charge in [-0.15, -0.1) is 0 Å². The maximum atomic E-state index is 12.4. The van der Waals surface area contributed by atoms with Crippen molar-refractivity contribution < 1.29 is 9.59 Å². The first-order chi connectivity index (χ1) is 9.58. The van der Waals surface area contributed by atoms with Crippen LogP contribution < -0.4 is 0 Å². The van der Waals surface area contributed by atoms with Crippen LogP contribution in [-0.2, 0) is 16.0 Å². The molecule has 108 valence electrons. The predicted molar refractivity (Wildman–Crippen MR) is 78.3 cm³/mol. The lowest BCUT2D eigenvalue weighted by Gasteiger charge is -2.21. The first kappa shape index (κ1) is 14.6. The van der Waals surface area contributed by atoms with E-state index in [0.717, 1.165) is 30.6 Å². The highest BCUT2D eigenvalue weighted by atomic mass is 16.2. The molecule has 4 nitrogen and oxygen atoms in total. The summed E-state index contributed by atoms with van der Waals surface area (Å²) in [7, 11) is 0. The summed E-state index contributed by atoms with van der Waals surface area (Å²) in [6, 6.07) is 7.99. The smallest absolute Gasteiger partial charge is 0.227 e. The highest BCUT2D eigenvalue weighted by Crippen LogP contribution is 2.11. The summed E-state index contributed by atoms with van der Waals surface area (Å²) in [6.07, 6.45) is 1.31. The quantitative estimate of drug-likeness (QED) is 0.822. The third kappa shape index (κ3) is 3.59. The fourth-order valence-corrected chi connectivity index (χ4v) is 2.56. The number of rotatable bonds is 2. The Labute approximate surface area is 120 Å². The summed E-state index contributed by atoms with van der Waals surface area (Å²) < 4.78 is 0. The van der Waals surface area contributed by atoms with Gasteiger partial charge in [0.15, 0.2) is 0 Å².